The maximum Gasteiger partial charge on any atom is 0.164 e. The van der Waals surface area contributed by atoms with Gasteiger partial charge >= 0.3 is 0 Å². The van der Waals surface area contributed by atoms with Crippen LogP contribution in [0.2, 0.25) is 0 Å². The van der Waals surface area contributed by atoms with E-state index in [0.29, 0.717) is 6.04 Å². The van der Waals surface area contributed by atoms with Crippen molar-refractivity contribution >= 4 is 21.6 Å². The van der Waals surface area contributed by atoms with Crippen LogP contribution < -0.4 is 5.32 Å². The monoisotopic (exact) mass is 292 g/mol. The molecule has 0 aromatic carbocycles. The molecule has 0 amide bonds. The Morgan fingerprint density at radius 3 is 2.89 bits per heavy atom. The van der Waals surface area contributed by atoms with E-state index >= 15 is 0 Å². The second-order valence-electron chi connectivity index (χ2n) is 5.33. The van der Waals surface area contributed by atoms with Gasteiger partial charge in [0.25, 0.3) is 0 Å². The maximum atomic E-state index is 11.8. The molecule has 2 fully saturated rings. The Bertz CT molecular complexity index is 353. The summed E-state index contributed by atoms with van der Waals surface area (Å²) in [6, 6.07) is 0.591. The Morgan fingerprint density at radius 1 is 1.39 bits per heavy atom. The summed E-state index contributed by atoms with van der Waals surface area (Å²) in [5.41, 5.74) is 0. The first-order valence-electron chi connectivity index (χ1n) is 6.81. The van der Waals surface area contributed by atoms with Gasteiger partial charge in [-0.2, -0.15) is 11.8 Å². The molecular formula is C12H24N2O2S2. The predicted molar refractivity (Wildman–Crippen MR) is 77.8 cm³/mol. The number of sulfone groups is 1. The molecule has 0 spiro atoms. The Hall–Kier alpha value is 0.220. The van der Waals surface area contributed by atoms with Crippen LogP contribution in [0.15, 0.2) is 0 Å². The minimum atomic E-state index is -2.94. The minimum Gasteiger partial charge on any atom is -0.314 e. The van der Waals surface area contributed by atoms with Crippen molar-refractivity contribution in [1.82, 2.24) is 10.2 Å². The van der Waals surface area contributed by atoms with Crippen LogP contribution in [0.4, 0.5) is 0 Å². The van der Waals surface area contributed by atoms with Crippen LogP contribution in [0.1, 0.15) is 25.7 Å². The standard InChI is InChI=1S/C12H24N2O2S2/c1-18(15,16)12-10-17-9-8-14(12)7-5-11-4-2-3-6-13-11/h11-13H,2-10H2,1H3. The van der Waals surface area contributed by atoms with Gasteiger partial charge in [-0.3, -0.25) is 4.90 Å². The molecule has 2 atom stereocenters. The first-order chi connectivity index (χ1) is 8.57. The topological polar surface area (TPSA) is 49.4 Å². The van der Waals surface area contributed by atoms with Gasteiger partial charge in [0.15, 0.2) is 9.84 Å². The number of nitrogens with zero attached hydrogens (tertiary/aromatic N) is 1. The summed E-state index contributed by atoms with van der Waals surface area (Å²) in [6.45, 7) is 2.95. The quantitative estimate of drug-likeness (QED) is 0.835. The molecule has 4 nitrogen and oxygen atoms in total. The van der Waals surface area contributed by atoms with E-state index in [2.05, 4.69) is 10.2 Å². The molecule has 0 aromatic heterocycles. The molecule has 2 saturated heterocycles. The maximum absolute atomic E-state index is 11.8. The molecule has 2 heterocycles. The molecule has 2 aliphatic rings. The fourth-order valence-corrected chi connectivity index (χ4v) is 5.73. The highest BCUT2D eigenvalue weighted by molar-refractivity contribution is 8.00. The summed E-state index contributed by atoms with van der Waals surface area (Å²) >= 11 is 1.76. The van der Waals surface area contributed by atoms with Gasteiger partial charge in [0, 0.05) is 36.9 Å². The largest absolute Gasteiger partial charge is 0.314 e. The second-order valence-corrected chi connectivity index (χ2v) is 8.68. The van der Waals surface area contributed by atoms with Crippen molar-refractivity contribution in [3.8, 4) is 0 Å². The molecule has 0 radical (unpaired) electrons. The molecule has 2 aliphatic heterocycles. The normalized spacial score (nSPS) is 31.4. The molecule has 106 valence electrons. The van der Waals surface area contributed by atoms with Crippen molar-refractivity contribution in [2.24, 2.45) is 0 Å². The highest BCUT2D eigenvalue weighted by Crippen LogP contribution is 2.21. The number of piperidine rings is 1. The molecular weight excluding hydrogens is 268 g/mol. The summed E-state index contributed by atoms with van der Waals surface area (Å²) in [4.78, 5) is 2.17. The molecule has 1 N–H and O–H groups in total. The lowest BCUT2D eigenvalue weighted by Crippen LogP contribution is -2.48. The second kappa shape index (κ2) is 6.59. The molecule has 0 aliphatic carbocycles. The summed E-state index contributed by atoms with van der Waals surface area (Å²) in [5, 5.41) is 3.27. The zero-order chi connectivity index (χ0) is 13.0. The van der Waals surface area contributed by atoms with E-state index in [-0.39, 0.29) is 5.37 Å². The van der Waals surface area contributed by atoms with Gasteiger partial charge in [-0.25, -0.2) is 8.42 Å². The van der Waals surface area contributed by atoms with Gasteiger partial charge in [-0.15, -0.1) is 0 Å². The van der Waals surface area contributed by atoms with Crippen molar-refractivity contribution in [2.75, 3.05) is 37.4 Å². The van der Waals surface area contributed by atoms with E-state index in [0.717, 1.165) is 37.6 Å². The zero-order valence-electron chi connectivity index (χ0n) is 11.1. The van der Waals surface area contributed by atoms with Gasteiger partial charge in [0.1, 0.15) is 5.37 Å². The smallest absolute Gasteiger partial charge is 0.164 e. The van der Waals surface area contributed by atoms with Gasteiger partial charge < -0.3 is 5.32 Å². The van der Waals surface area contributed by atoms with E-state index in [1.807, 2.05) is 0 Å². The van der Waals surface area contributed by atoms with Crippen LogP contribution in [0.5, 0.6) is 0 Å². The molecule has 0 aromatic rings. The lowest BCUT2D eigenvalue weighted by Gasteiger charge is -2.35. The van der Waals surface area contributed by atoms with Crippen molar-refractivity contribution in [1.29, 1.82) is 0 Å². The molecule has 6 heteroatoms. The van der Waals surface area contributed by atoms with E-state index < -0.39 is 9.84 Å². The third-order valence-electron chi connectivity index (χ3n) is 3.86. The van der Waals surface area contributed by atoms with Gasteiger partial charge in [-0.1, -0.05) is 6.42 Å². The Kier molecular flexibility index (Phi) is 5.35. The minimum absolute atomic E-state index is 0.264. The third-order valence-corrected chi connectivity index (χ3v) is 6.55. The number of hydrogen-bond donors (Lipinski definition) is 1. The lowest BCUT2D eigenvalue weighted by atomic mass is 10.0. The average molecular weight is 292 g/mol. The Balaban J connectivity index is 1.85. The van der Waals surface area contributed by atoms with E-state index in [4.69, 9.17) is 0 Å². The molecule has 2 rings (SSSR count). The van der Waals surface area contributed by atoms with Crippen LogP contribution in [-0.2, 0) is 9.84 Å². The number of hydrogen-bond acceptors (Lipinski definition) is 5. The number of nitrogens with one attached hydrogen (secondary N) is 1. The fraction of sp³-hybridized carbons (Fsp3) is 1.00. The summed E-state index contributed by atoms with van der Waals surface area (Å²) < 4.78 is 23.6. The van der Waals surface area contributed by atoms with E-state index in [1.165, 1.54) is 25.5 Å². The van der Waals surface area contributed by atoms with Crippen LogP contribution in [0.3, 0.4) is 0 Å². The van der Waals surface area contributed by atoms with Crippen molar-refractivity contribution in [2.45, 2.75) is 37.1 Å². The van der Waals surface area contributed by atoms with Crippen LogP contribution in [0.25, 0.3) is 0 Å². The molecule has 2 unspecified atom stereocenters. The van der Waals surface area contributed by atoms with Crippen LogP contribution >= 0.6 is 11.8 Å². The Morgan fingerprint density at radius 2 is 2.22 bits per heavy atom. The van der Waals surface area contributed by atoms with Crippen LogP contribution in [0, 0.1) is 0 Å². The highest BCUT2D eigenvalue weighted by atomic mass is 32.2. The van der Waals surface area contributed by atoms with Gasteiger partial charge in [-0.05, 0) is 25.8 Å². The zero-order valence-corrected chi connectivity index (χ0v) is 12.7. The molecule has 18 heavy (non-hydrogen) atoms. The fourth-order valence-electron chi connectivity index (χ4n) is 2.76. The molecule has 0 saturated carbocycles. The average Bonchev–Trinajstić information content (AvgIpc) is 2.37. The van der Waals surface area contributed by atoms with Crippen molar-refractivity contribution < 1.29 is 8.42 Å². The van der Waals surface area contributed by atoms with E-state index in [9.17, 15) is 8.42 Å². The number of thioether (sulfide) groups is 1. The van der Waals surface area contributed by atoms with E-state index in [1.54, 1.807) is 11.8 Å². The SMILES string of the molecule is CS(=O)(=O)C1CSCCN1CCC1CCCCN1. The van der Waals surface area contributed by atoms with Crippen molar-refractivity contribution in [3.05, 3.63) is 0 Å². The summed E-state index contributed by atoms with van der Waals surface area (Å²) in [6.07, 6.45) is 6.28. The highest BCUT2D eigenvalue weighted by Gasteiger charge is 2.31. The van der Waals surface area contributed by atoms with Crippen LogP contribution in [-0.4, -0.2) is 62.1 Å². The first kappa shape index (κ1) is 14.6. The predicted octanol–water partition coefficient (Wildman–Crippen LogP) is 0.938. The third kappa shape index (κ3) is 4.11. The lowest BCUT2D eigenvalue weighted by molar-refractivity contribution is 0.243. The molecule has 0 bridgehead atoms. The Labute approximate surface area is 115 Å². The van der Waals surface area contributed by atoms with Gasteiger partial charge in [0.05, 0.1) is 0 Å². The number of rotatable bonds is 4. The van der Waals surface area contributed by atoms with Crippen molar-refractivity contribution in [3.63, 3.8) is 0 Å². The van der Waals surface area contributed by atoms with Gasteiger partial charge in [0.2, 0.25) is 0 Å². The first-order valence-corrected chi connectivity index (χ1v) is 9.92. The summed E-state index contributed by atoms with van der Waals surface area (Å²) in [5.74, 6) is 1.79. The summed E-state index contributed by atoms with van der Waals surface area (Å²) in [7, 11) is -2.94.